The zero-order valence-corrected chi connectivity index (χ0v) is 16.1. The highest BCUT2D eigenvalue weighted by atomic mass is 32.2. The number of amides is 1. The van der Waals surface area contributed by atoms with E-state index >= 15 is 0 Å². The van der Waals surface area contributed by atoms with E-state index in [9.17, 15) is 26.4 Å². The van der Waals surface area contributed by atoms with E-state index in [0.29, 0.717) is 22.0 Å². The van der Waals surface area contributed by atoms with Crippen molar-refractivity contribution < 1.29 is 26.4 Å². The monoisotopic (exact) mass is 422 g/mol. The van der Waals surface area contributed by atoms with Gasteiger partial charge in [-0.25, -0.2) is 13.1 Å². The molecule has 0 aliphatic rings. The third-order valence-corrected chi connectivity index (χ3v) is 5.69. The summed E-state index contributed by atoms with van der Waals surface area (Å²) < 4.78 is 65.9. The van der Waals surface area contributed by atoms with Gasteiger partial charge in [-0.1, -0.05) is 36.4 Å². The van der Waals surface area contributed by atoms with Crippen molar-refractivity contribution >= 4 is 32.4 Å². The minimum Gasteiger partial charge on any atom is -0.326 e. The summed E-state index contributed by atoms with van der Waals surface area (Å²) in [4.78, 5) is 11.4. The van der Waals surface area contributed by atoms with Gasteiger partial charge in [-0.15, -0.1) is 0 Å². The van der Waals surface area contributed by atoms with Gasteiger partial charge in [-0.05, 0) is 29.8 Å². The minimum atomic E-state index is -4.45. The Morgan fingerprint density at radius 1 is 0.931 bits per heavy atom. The minimum absolute atomic E-state index is 0.00844. The van der Waals surface area contributed by atoms with Gasteiger partial charge in [0.2, 0.25) is 15.9 Å². The SMILES string of the molecule is CC(=O)Nc1cccc2c(S(=O)(=O)NCc3ccc(C(F)(F)F)cc3)cccc12. The van der Waals surface area contributed by atoms with Crippen molar-refractivity contribution in [2.75, 3.05) is 5.32 Å². The van der Waals surface area contributed by atoms with Gasteiger partial charge in [0.1, 0.15) is 0 Å². The fourth-order valence-corrected chi connectivity index (χ4v) is 4.12. The van der Waals surface area contributed by atoms with Crippen LogP contribution in [0.15, 0.2) is 65.6 Å². The first-order valence-electron chi connectivity index (χ1n) is 8.53. The molecule has 0 spiro atoms. The van der Waals surface area contributed by atoms with Crippen molar-refractivity contribution in [1.82, 2.24) is 4.72 Å². The second-order valence-electron chi connectivity index (χ2n) is 6.36. The number of hydrogen-bond donors (Lipinski definition) is 2. The number of nitrogens with one attached hydrogen (secondary N) is 2. The largest absolute Gasteiger partial charge is 0.416 e. The molecule has 0 saturated carbocycles. The quantitative estimate of drug-likeness (QED) is 0.644. The summed E-state index contributed by atoms with van der Waals surface area (Å²) in [6.07, 6.45) is -4.45. The highest BCUT2D eigenvalue weighted by molar-refractivity contribution is 7.89. The molecule has 0 aliphatic carbocycles. The van der Waals surface area contributed by atoms with Crippen LogP contribution in [0.4, 0.5) is 18.9 Å². The van der Waals surface area contributed by atoms with E-state index in [4.69, 9.17) is 0 Å². The molecule has 0 radical (unpaired) electrons. The van der Waals surface area contributed by atoms with E-state index in [1.54, 1.807) is 30.3 Å². The standard InChI is InChI=1S/C20H17F3N2O3S/c1-13(26)25-18-6-2-5-17-16(18)4-3-7-19(17)29(27,28)24-12-14-8-10-15(11-9-14)20(21,22)23/h2-11,24H,12H2,1H3,(H,25,26). The molecule has 0 atom stereocenters. The number of carbonyl (C=O) groups is 1. The Morgan fingerprint density at radius 3 is 2.17 bits per heavy atom. The van der Waals surface area contributed by atoms with Gasteiger partial charge < -0.3 is 5.32 Å². The number of alkyl halides is 3. The lowest BCUT2D eigenvalue weighted by Crippen LogP contribution is -2.23. The van der Waals surface area contributed by atoms with E-state index < -0.39 is 21.8 Å². The van der Waals surface area contributed by atoms with Crippen molar-refractivity contribution in [2.45, 2.75) is 24.5 Å². The third-order valence-electron chi connectivity index (χ3n) is 4.23. The Hall–Kier alpha value is -2.91. The molecule has 0 heterocycles. The van der Waals surface area contributed by atoms with Gasteiger partial charge in [0.15, 0.2) is 0 Å². The lowest BCUT2D eigenvalue weighted by molar-refractivity contribution is -0.137. The predicted molar refractivity (Wildman–Crippen MR) is 104 cm³/mol. The Kier molecular flexibility index (Phi) is 5.63. The molecule has 3 rings (SSSR count). The number of fused-ring (bicyclic) bond motifs is 1. The van der Waals surface area contributed by atoms with Crippen molar-refractivity contribution in [3.63, 3.8) is 0 Å². The van der Waals surface area contributed by atoms with Crippen molar-refractivity contribution in [3.8, 4) is 0 Å². The van der Waals surface area contributed by atoms with Crippen LogP contribution < -0.4 is 10.0 Å². The van der Waals surface area contributed by atoms with Gasteiger partial charge >= 0.3 is 6.18 Å². The number of sulfonamides is 1. The molecule has 3 aromatic rings. The topological polar surface area (TPSA) is 75.3 Å². The molecule has 1 amide bonds. The molecule has 0 aliphatic heterocycles. The molecule has 0 aromatic heterocycles. The average molecular weight is 422 g/mol. The van der Waals surface area contributed by atoms with Crippen LogP contribution in [0, 0.1) is 0 Å². The van der Waals surface area contributed by atoms with E-state index in [1.807, 2.05) is 0 Å². The molecule has 152 valence electrons. The molecule has 0 unspecified atom stereocenters. The van der Waals surface area contributed by atoms with Gasteiger partial charge in [-0.3, -0.25) is 4.79 Å². The van der Waals surface area contributed by atoms with Crippen LogP contribution in [-0.4, -0.2) is 14.3 Å². The number of anilines is 1. The summed E-state index contributed by atoms with van der Waals surface area (Å²) in [6, 6.07) is 13.8. The van der Waals surface area contributed by atoms with E-state index in [0.717, 1.165) is 12.1 Å². The smallest absolute Gasteiger partial charge is 0.326 e. The van der Waals surface area contributed by atoms with E-state index in [1.165, 1.54) is 25.1 Å². The molecule has 0 fully saturated rings. The lowest BCUT2D eigenvalue weighted by atomic mass is 10.1. The second kappa shape index (κ2) is 7.84. The van der Waals surface area contributed by atoms with Gasteiger partial charge in [0, 0.05) is 29.9 Å². The van der Waals surface area contributed by atoms with Crippen LogP contribution in [0.1, 0.15) is 18.1 Å². The summed E-state index contributed by atoms with van der Waals surface area (Å²) in [5.41, 5.74) is 0.0687. The first-order chi connectivity index (χ1) is 13.6. The van der Waals surface area contributed by atoms with Crippen LogP contribution in [-0.2, 0) is 27.5 Å². The van der Waals surface area contributed by atoms with Crippen molar-refractivity contribution in [2.24, 2.45) is 0 Å². The van der Waals surface area contributed by atoms with Gasteiger partial charge in [0.05, 0.1) is 10.5 Å². The summed E-state index contributed by atoms with van der Waals surface area (Å²) in [5.74, 6) is -0.286. The molecule has 5 nitrogen and oxygen atoms in total. The average Bonchev–Trinajstić information content (AvgIpc) is 2.65. The van der Waals surface area contributed by atoms with Crippen LogP contribution >= 0.6 is 0 Å². The third kappa shape index (κ3) is 4.75. The molecule has 0 saturated heterocycles. The number of rotatable bonds is 5. The number of hydrogen-bond acceptors (Lipinski definition) is 3. The molecule has 29 heavy (non-hydrogen) atoms. The van der Waals surface area contributed by atoms with Crippen LogP contribution in [0.3, 0.4) is 0 Å². The molecular formula is C20H17F3N2O3S. The van der Waals surface area contributed by atoms with E-state index in [-0.39, 0.29) is 17.3 Å². The number of halogens is 3. The molecule has 0 bridgehead atoms. The Labute approximate surface area is 165 Å². The maximum Gasteiger partial charge on any atom is 0.416 e. The molecule has 2 N–H and O–H groups in total. The Morgan fingerprint density at radius 2 is 1.55 bits per heavy atom. The van der Waals surface area contributed by atoms with Gasteiger partial charge in [-0.2, -0.15) is 13.2 Å². The van der Waals surface area contributed by atoms with Crippen LogP contribution in [0.25, 0.3) is 10.8 Å². The van der Waals surface area contributed by atoms with Crippen LogP contribution in [0.2, 0.25) is 0 Å². The Balaban J connectivity index is 1.88. The van der Waals surface area contributed by atoms with Crippen molar-refractivity contribution in [3.05, 3.63) is 71.8 Å². The summed E-state index contributed by atoms with van der Waals surface area (Å²) in [6.45, 7) is 1.19. The molecular weight excluding hydrogens is 405 g/mol. The summed E-state index contributed by atoms with van der Waals surface area (Å²) >= 11 is 0. The fourth-order valence-electron chi connectivity index (χ4n) is 2.88. The fraction of sp³-hybridized carbons (Fsp3) is 0.150. The molecule has 9 heteroatoms. The maximum absolute atomic E-state index is 12.8. The normalized spacial score (nSPS) is 12.1. The highest BCUT2D eigenvalue weighted by Gasteiger charge is 2.30. The first kappa shape index (κ1) is 20.8. The first-order valence-corrected chi connectivity index (χ1v) is 10.0. The van der Waals surface area contributed by atoms with E-state index in [2.05, 4.69) is 10.0 Å². The second-order valence-corrected chi connectivity index (χ2v) is 8.09. The Bertz CT molecular complexity index is 1160. The lowest BCUT2D eigenvalue weighted by Gasteiger charge is -2.13. The maximum atomic E-state index is 12.8. The van der Waals surface area contributed by atoms with Crippen molar-refractivity contribution in [1.29, 1.82) is 0 Å². The predicted octanol–water partition coefficient (Wildman–Crippen LogP) is 4.30. The highest BCUT2D eigenvalue weighted by Crippen LogP contribution is 2.30. The zero-order chi connectivity index (χ0) is 21.2. The van der Waals surface area contributed by atoms with Gasteiger partial charge in [0.25, 0.3) is 0 Å². The molecule has 3 aromatic carbocycles. The van der Waals surface area contributed by atoms with Crippen LogP contribution in [0.5, 0.6) is 0 Å². The number of benzene rings is 3. The number of carbonyl (C=O) groups excluding carboxylic acids is 1. The zero-order valence-electron chi connectivity index (χ0n) is 15.2. The summed E-state index contributed by atoms with van der Waals surface area (Å²) in [5, 5.41) is 3.63. The summed E-state index contributed by atoms with van der Waals surface area (Å²) in [7, 11) is -3.95.